The summed E-state index contributed by atoms with van der Waals surface area (Å²) in [6, 6.07) is 22.8. The predicted molar refractivity (Wildman–Crippen MR) is 115 cm³/mol. The molecular weight excluding hydrogens is 364 g/mol. The van der Waals surface area contributed by atoms with E-state index in [-0.39, 0.29) is 5.43 Å². The molecule has 1 heterocycles. The lowest BCUT2D eigenvalue weighted by Crippen LogP contribution is -2.00. The van der Waals surface area contributed by atoms with E-state index in [2.05, 4.69) is 6.07 Å². The van der Waals surface area contributed by atoms with Gasteiger partial charge < -0.3 is 13.9 Å². The second kappa shape index (κ2) is 6.67. The van der Waals surface area contributed by atoms with Crippen LogP contribution in [0.15, 0.2) is 82.0 Å². The second-order valence-electron chi connectivity index (χ2n) is 6.84. The summed E-state index contributed by atoms with van der Waals surface area (Å²) in [6.45, 7) is 0. The van der Waals surface area contributed by atoms with Gasteiger partial charge in [0.2, 0.25) is 0 Å². The Kier molecular flexibility index (Phi) is 3.98. The van der Waals surface area contributed by atoms with Crippen molar-refractivity contribution >= 4 is 21.7 Å². The lowest BCUT2D eigenvalue weighted by Gasteiger charge is -2.18. The first-order valence-corrected chi connectivity index (χ1v) is 9.31. The van der Waals surface area contributed by atoms with Gasteiger partial charge in [-0.1, -0.05) is 36.4 Å². The lowest BCUT2D eigenvalue weighted by atomic mass is 9.91. The highest BCUT2D eigenvalue weighted by atomic mass is 16.5. The Balaban J connectivity index is 2.05. The molecule has 0 bridgehead atoms. The molecule has 0 unspecified atom stereocenters. The van der Waals surface area contributed by atoms with E-state index >= 15 is 0 Å². The quantitative estimate of drug-likeness (QED) is 0.295. The van der Waals surface area contributed by atoms with Crippen molar-refractivity contribution in [2.45, 2.75) is 0 Å². The number of hydrogen-bond acceptors (Lipinski definition) is 4. The fourth-order valence-corrected chi connectivity index (χ4v) is 3.98. The van der Waals surface area contributed by atoms with Crippen LogP contribution in [-0.2, 0) is 0 Å². The van der Waals surface area contributed by atoms with Crippen LogP contribution in [-0.4, -0.2) is 14.2 Å². The Bertz CT molecular complexity index is 1400. The average molecular weight is 382 g/mol. The zero-order valence-corrected chi connectivity index (χ0v) is 16.1. The van der Waals surface area contributed by atoms with Crippen molar-refractivity contribution in [3.05, 3.63) is 83.0 Å². The highest BCUT2D eigenvalue weighted by Gasteiger charge is 2.21. The Labute approximate surface area is 167 Å². The van der Waals surface area contributed by atoms with Crippen LogP contribution in [0.4, 0.5) is 0 Å². The molecule has 4 nitrogen and oxygen atoms in total. The molecule has 0 fully saturated rings. The van der Waals surface area contributed by atoms with Crippen molar-refractivity contribution in [2.75, 3.05) is 14.2 Å². The molecule has 4 heteroatoms. The monoisotopic (exact) mass is 382 g/mol. The molecule has 5 rings (SSSR count). The predicted octanol–water partition coefficient (Wildman–Crippen LogP) is 5.74. The number of ether oxygens (including phenoxy) is 2. The van der Waals surface area contributed by atoms with Crippen molar-refractivity contribution in [1.82, 2.24) is 0 Å². The third-order valence-electron chi connectivity index (χ3n) is 5.26. The van der Waals surface area contributed by atoms with Gasteiger partial charge in [0, 0.05) is 28.1 Å². The summed E-state index contributed by atoms with van der Waals surface area (Å²) in [5, 5.41) is 2.81. The van der Waals surface area contributed by atoms with E-state index in [9.17, 15) is 4.79 Å². The molecule has 1 aliphatic heterocycles. The summed E-state index contributed by atoms with van der Waals surface area (Å²) in [7, 11) is 3.30. The summed E-state index contributed by atoms with van der Waals surface area (Å²) in [4.78, 5) is 12.1. The Morgan fingerprint density at radius 2 is 1.55 bits per heavy atom. The normalized spacial score (nSPS) is 11.2. The number of methoxy groups -OCH3 is 2. The highest BCUT2D eigenvalue weighted by Crippen LogP contribution is 2.45. The molecule has 0 N–H and O–H groups in total. The molecule has 2 aliphatic rings. The van der Waals surface area contributed by atoms with E-state index in [0.29, 0.717) is 11.3 Å². The zero-order valence-electron chi connectivity index (χ0n) is 16.1. The SMILES string of the molecule is COc1ccccc1-c1c2ccc(=O)cc-2oc2c1ccc1cccc(OC)c12. The van der Waals surface area contributed by atoms with E-state index < -0.39 is 0 Å². The first kappa shape index (κ1) is 17.3. The standard InChI is InChI=1S/C25H18O4/c1-27-20-8-4-3-7-17(20)24-18-13-11-16(26)14-22(18)29-25-19(24)12-10-15-6-5-9-21(28-2)23(15)25/h3-14H,1-2H3. The Morgan fingerprint density at radius 3 is 2.38 bits per heavy atom. The molecular formula is C25H18O4. The topological polar surface area (TPSA) is 48.7 Å². The third-order valence-corrected chi connectivity index (χ3v) is 5.26. The minimum Gasteiger partial charge on any atom is -0.496 e. The van der Waals surface area contributed by atoms with Crippen LogP contribution in [0.3, 0.4) is 0 Å². The molecule has 3 aromatic rings. The van der Waals surface area contributed by atoms with Crippen molar-refractivity contribution in [1.29, 1.82) is 0 Å². The molecule has 0 aromatic heterocycles. The van der Waals surface area contributed by atoms with Crippen LogP contribution in [0.25, 0.3) is 44.2 Å². The van der Waals surface area contributed by atoms with Crippen LogP contribution >= 0.6 is 0 Å². The van der Waals surface area contributed by atoms with Gasteiger partial charge in [-0.05, 0) is 35.7 Å². The van der Waals surface area contributed by atoms with E-state index in [1.54, 1.807) is 20.3 Å². The molecule has 0 amide bonds. The number of fused-ring (bicyclic) bond motifs is 4. The molecule has 1 aliphatic carbocycles. The van der Waals surface area contributed by atoms with Crippen molar-refractivity contribution < 1.29 is 13.9 Å². The van der Waals surface area contributed by atoms with Gasteiger partial charge >= 0.3 is 0 Å². The number of para-hydroxylation sites is 1. The zero-order chi connectivity index (χ0) is 20.0. The van der Waals surface area contributed by atoms with Crippen LogP contribution < -0.4 is 14.9 Å². The maximum atomic E-state index is 12.1. The van der Waals surface area contributed by atoms with Gasteiger partial charge in [-0.15, -0.1) is 0 Å². The summed E-state index contributed by atoms with van der Waals surface area (Å²) in [5.41, 5.74) is 3.34. The number of benzene rings is 4. The van der Waals surface area contributed by atoms with E-state index in [1.165, 1.54) is 6.07 Å². The fraction of sp³-hybridized carbons (Fsp3) is 0.0800. The summed E-state index contributed by atoms with van der Waals surface area (Å²) < 4.78 is 17.5. The highest BCUT2D eigenvalue weighted by molar-refractivity contribution is 6.14. The van der Waals surface area contributed by atoms with E-state index in [4.69, 9.17) is 13.9 Å². The van der Waals surface area contributed by atoms with Gasteiger partial charge in [-0.3, -0.25) is 4.79 Å². The van der Waals surface area contributed by atoms with Crippen molar-refractivity contribution in [3.63, 3.8) is 0 Å². The second-order valence-corrected chi connectivity index (χ2v) is 6.84. The minimum atomic E-state index is -0.0984. The van der Waals surface area contributed by atoms with Crippen molar-refractivity contribution in [3.8, 4) is 33.9 Å². The van der Waals surface area contributed by atoms with Gasteiger partial charge in [0.15, 0.2) is 5.43 Å². The van der Waals surface area contributed by atoms with Crippen LogP contribution in [0.1, 0.15) is 0 Å². The third kappa shape index (κ3) is 2.64. The van der Waals surface area contributed by atoms with E-state index in [0.717, 1.165) is 44.3 Å². The van der Waals surface area contributed by atoms with Crippen LogP contribution in [0.2, 0.25) is 0 Å². The molecule has 3 aromatic carbocycles. The molecule has 142 valence electrons. The van der Waals surface area contributed by atoms with Gasteiger partial charge in [-0.25, -0.2) is 0 Å². The van der Waals surface area contributed by atoms with Gasteiger partial charge in [0.1, 0.15) is 22.8 Å². The van der Waals surface area contributed by atoms with Gasteiger partial charge in [-0.2, -0.15) is 0 Å². The Hall–Kier alpha value is -3.79. The van der Waals surface area contributed by atoms with Crippen LogP contribution in [0, 0.1) is 0 Å². The molecule has 0 spiro atoms. The molecule has 0 saturated carbocycles. The average Bonchev–Trinajstić information content (AvgIpc) is 2.76. The molecule has 0 atom stereocenters. The molecule has 0 saturated heterocycles. The maximum absolute atomic E-state index is 12.1. The smallest absolute Gasteiger partial charge is 0.182 e. The van der Waals surface area contributed by atoms with Crippen molar-refractivity contribution in [2.24, 2.45) is 0 Å². The van der Waals surface area contributed by atoms with Gasteiger partial charge in [0.25, 0.3) is 0 Å². The largest absolute Gasteiger partial charge is 0.496 e. The minimum absolute atomic E-state index is 0.0984. The van der Waals surface area contributed by atoms with Crippen LogP contribution in [0.5, 0.6) is 11.5 Å². The maximum Gasteiger partial charge on any atom is 0.182 e. The Morgan fingerprint density at radius 1 is 0.759 bits per heavy atom. The first-order valence-electron chi connectivity index (χ1n) is 9.31. The first-order chi connectivity index (χ1) is 14.2. The van der Waals surface area contributed by atoms with E-state index in [1.807, 2.05) is 54.6 Å². The molecule has 0 radical (unpaired) electrons. The summed E-state index contributed by atoms with van der Waals surface area (Å²) in [6.07, 6.45) is 0. The number of rotatable bonds is 3. The summed E-state index contributed by atoms with van der Waals surface area (Å²) >= 11 is 0. The number of hydrogen-bond donors (Lipinski definition) is 0. The van der Waals surface area contributed by atoms with Gasteiger partial charge in [0.05, 0.1) is 19.6 Å². The lowest BCUT2D eigenvalue weighted by molar-refractivity contribution is 0.416. The fourth-order valence-electron chi connectivity index (χ4n) is 3.98. The summed E-state index contributed by atoms with van der Waals surface area (Å²) in [5.74, 6) is 2.01. The molecule has 29 heavy (non-hydrogen) atoms.